The van der Waals surface area contributed by atoms with Crippen LogP contribution in [0, 0.1) is 5.92 Å². The Morgan fingerprint density at radius 1 is 1.10 bits per heavy atom. The van der Waals surface area contributed by atoms with E-state index in [-0.39, 0.29) is 0 Å². The Labute approximate surface area is 122 Å². The second-order valence-corrected chi connectivity index (χ2v) is 5.53. The number of aryl methyl sites for hydroxylation is 2. The predicted molar refractivity (Wildman–Crippen MR) is 82.1 cm³/mol. The summed E-state index contributed by atoms with van der Waals surface area (Å²) in [6.45, 7) is 7.48. The second-order valence-electron chi connectivity index (χ2n) is 5.53. The molecule has 2 rings (SSSR count). The molecule has 0 aromatic carbocycles. The van der Waals surface area contributed by atoms with Crippen LogP contribution in [0.5, 0.6) is 0 Å². The average molecular weight is 277 g/mol. The fraction of sp³-hybridized carbons (Fsp3) is 0.800. The molecule has 0 bridgehead atoms. The van der Waals surface area contributed by atoms with Crippen LogP contribution in [0.4, 0.5) is 5.95 Å². The molecule has 20 heavy (non-hydrogen) atoms. The van der Waals surface area contributed by atoms with Crippen molar-refractivity contribution in [2.75, 3.05) is 31.6 Å². The quantitative estimate of drug-likeness (QED) is 0.859. The van der Waals surface area contributed by atoms with Gasteiger partial charge >= 0.3 is 0 Å². The Hall–Kier alpha value is -1.23. The van der Waals surface area contributed by atoms with Crippen molar-refractivity contribution in [1.29, 1.82) is 0 Å². The zero-order valence-electron chi connectivity index (χ0n) is 13.0. The molecule has 5 heteroatoms. The van der Waals surface area contributed by atoms with Gasteiger partial charge in [-0.05, 0) is 51.6 Å². The molecular formula is C15H27N5. The van der Waals surface area contributed by atoms with Crippen LogP contribution in [0.15, 0.2) is 0 Å². The van der Waals surface area contributed by atoms with Crippen molar-refractivity contribution >= 4 is 5.95 Å². The highest BCUT2D eigenvalue weighted by Gasteiger charge is 2.21. The third kappa shape index (κ3) is 3.66. The van der Waals surface area contributed by atoms with Gasteiger partial charge in [0.2, 0.25) is 5.95 Å². The lowest BCUT2D eigenvalue weighted by Crippen LogP contribution is -2.36. The first-order valence-electron chi connectivity index (χ1n) is 7.90. The van der Waals surface area contributed by atoms with Crippen molar-refractivity contribution in [2.45, 2.75) is 46.0 Å². The van der Waals surface area contributed by atoms with Gasteiger partial charge in [0, 0.05) is 13.1 Å². The molecule has 1 aliphatic heterocycles. The van der Waals surface area contributed by atoms with Gasteiger partial charge in [-0.3, -0.25) is 0 Å². The molecule has 1 saturated heterocycles. The van der Waals surface area contributed by atoms with Crippen LogP contribution in [0.1, 0.15) is 44.5 Å². The van der Waals surface area contributed by atoms with E-state index in [2.05, 4.69) is 34.3 Å². The third-order valence-electron chi connectivity index (χ3n) is 4.20. The number of nitrogens with one attached hydrogen (secondary N) is 1. The van der Waals surface area contributed by atoms with Gasteiger partial charge in [-0.25, -0.2) is 4.98 Å². The second kappa shape index (κ2) is 7.53. The van der Waals surface area contributed by atoms with Gasteiger partial charge < -0.3 is 10.2 Å². The normalized spacial score (nSPS) is 16.6. The molecule has 0 radical (unpaired) electrons. The van der Waals surface area contributed by atoms with E-state index in [0.717, 1.165) is 55.7 Å². The van der Waals surface area contributed by atoms with Gasteiger partial charge in [0.05, 0.1) is 11.4 Å². The molecule has 0 amide bonds. The van der Waals surface area contributed by atoms with Crippen molar-refractivity contribution in [3.63, 3.8) is 0 Å². The standard InChI is InChI=1S/C15H27N5/c1-4-13-14(5-2)18-19-15(17-13)20-10-7-12(8-11-20)6-9-16-3/h12,16H,4-11H2,1-3H3. The topological polar surface area (TPSA) is 53.9 Å². The Kier molecular flexibility index (Phi) is 5.71. The molecule has 1 fully saturated rings. The van der Waals surface area contributed by atoms with Crippen LogP contribution in [0.25, 0.3) is 0 Å². The lowest BCUT2D eigenvalue weighted by molar-refractivity contribution is 0.375. The summed E-state index contributed by atoms with van der Waals surface area (Å²) < 4.78 is 0. The van der Waals surface area contributed by atoms with Gasteiger partial charge in [-0.2, -0.15) is 5.10 Å². The summed E-state index contributed by atoms with van der Waals surface area (Å²) in [4.78, 5) is 7.01. The van der Waals surface area contributed by atoms with Gasteiger partial charge in [0.15, 0.2) is 0 Å². The van der Waals surface area contributed by atoms with Crippen molar-refractivity contribution < 1.29 is 0 Å². The maximum absolute atomic E-state index is 4.71. The van der Waals surface area contributed by atoms with E-state index in [9.17, 15) is 0 Å². The number of hydrogen-bond donors (Lipinski definition) is 1. The Morgan fingerprint density at radius 3 is 2.40 bits per heavy atom. The van der Waals surface area contributed by atoms with Crippen molar-refractivity contribution in [1.82, 2.24) is 20.5 Å². The molecule has 0 spiro atoms. The molecule has 1 aromatic rings. The van der Waals surface area contributed by atoms with Crippen molar-refractivity contribution in [3.8, 4) is 0 Å². The monoisotopic (exact) mass is 277 g/mol. The van der Waals surface area contributed by atoms with Crippen molar-refractivity contribution in [3.05, 3.63) is 11.4 Å². The van der Waals surface area contributed by atoms with Gasteiger partial charge in [-0.1, -0.05) is 13.8 Å². The summed E-state index contributed by atoms with van der Waals surface area (Å²) in [6, 6.07) is 0. The highest BCUT2D eigenvalue weighted by atomic mass is 15.3. The van der Waals surface area contributed by atoms with E-state index in [1.165, 1.54) is 19.3 Å². The van der Waals surface area contributed by atoms with E-state index >= 15 is 0 Å². The number of hydrogen-bond acceptors (Lipinski definition) is 5. The summed E-state index contributed by atoms with van der Waals surface area (Å²) >= 11 is 0. The van der Waals surface area contributed by atoms with E-state index < -0.39 is 0 Å². The van der Waals surface area contributed by atoms with E-state index in [0.29, 0.717) is 0 Å². The van der Waals surface area contributed by atoms with Crippen LogP contribution >= 0.6 is 0 Å². The zero-order chi connectivity index (χ0) is 14.4. The van der Waals surface area contributed by atoms with Crippen LogP contribution in [0.2, 0.25) is 0 Å². The Balaban J connectivity index is 1.96. The fourth-order valence-electron chi connectivity index (χ4n) is 2.83. The molecule has 1 aliphatic rings. The predicted octanol–water partition coefficient (Wildman–Crippen LogP) is 1.82. The van der Waals surface area contributed by atoms with E-state index in [4.69, 9.17) is 4.98 Å². The first-order valence-corrected chi connectivity index (χ1v) is 7.90. The number of aromatic nitrogens is 3. The molecule has 0 saturated carbocycles. The summed E-state index contributed by atoms with van der Waals surface area (Å²) in [5, 5.41) is 11.9. The summed E-state index contributed by atoms with van der Waals surface area (Å²) in [7, 11) is 2.02. The molecule has 5 nitrogen and oxygen atoms in total. The fourth-order valence-corrected chi connectivity index (χ4v) is 2.83. The summed E-state index contributed by atoms with van der Waals surface area (Å²) in [6.07, 6.45) is 5.60. The molecular weight excluding hydrogens is 250 g/mol. The average Bonchev–Trinajstić information content (AvgIpc) is 2.52. The molecule has 112 valence electrons. The minimum absolute atomic E-state index is 0.825. The largest absolute Gasteiger partial charge is 0.340 e. The van der Waals surface area contributed by atoms with E-state index in [1.54, 1.807) is 0 Å². The van der Waals surface area contributed by atoms with Gasteiger partial charge in [0.25, 0.3) is 0 Å². The molecule has 0 atom stereocenters. The Bertz CT molecular complexity index is 413. The maximum atomic E-state index is 4.71. The molecule has 1 N–H and O–H groups in total. The minimum Gasteiger partial charge on any atom is -0.340 e. The number of anilines is 1. The molecule has 0 aliphatic carbocycles. The molecule has 1 aromatic heterocycles. The highest BCUT2D eigenvalue weighted by Crippen LogP contribution is 2.23. The zero-order valence-corrected chi connectivity index (χ0v) is 13.0. The first kappa shape index (κ1) is 15.2. The first-order chi connectivity index (χ1) is 9.78. The van der Waals surface area contributed by atoms with Crippen LogP contribution < -0.4 is 10.2 Å². The number of piperidine rings is 1. The van der Waals surface area contributed by atoms with Crippen LogP contribution in [-0.4, -0.2) is 41.9 Å². The molecule has 0 unspecified atom stereocenters. The summed E-state index contributed by atoms with van der Waals surface area (Å²) in [5.74, 6) is 1.67. The van der Waals surface area contributed by atoms with Gasteiger partial charge in [-0.15, -0.1) is 5.10 Å². The lowest BCUT2D eigenvalue weighted by atomic mass is 9.94. The summed E-state index contributed by atoms with van der Waals surface area (Å²) in [5.41, 5.74) is 2.15. The maximum Gasteiger partial charge on any atom is 0.245 e. The smallest absolute Gasteiger partial charge is 0.245 e. The lowest BCUT2D eigenvalue weighted by Gasteiger charge is -2.32. The highest BCUT2D eigenvalue weighted by molar-refractivity contribution is 5.31. The Morgan fingerprint density at radius 2 is 1.80 bits per heavy atom. The third-order valence-corrected chi connectivity index (χ3v) is 4.20. The van der Waals surface area contributed by atoms with Crippen LogP contribution in [0.3, 0.4) is 0 Å². The number of nitrogens with zero attached hydrogens (tertiary/aromatic N) is 4. The SMILES string of the molecule is CCc1nnc(N2CCC(CCNC)CC2)nc1CC. The molecule has 2 heterocycles. The van der Waals surface area contributed by atoms with Gasteiger partial charge in [0.1, 0.15) is 0 Å². The van der Waals surface area contributed by atoms with Crippen LogP contribution in [-0.2, 0) is 12.8 Å². The minimum atomic E-state index is 0.825. The van der Waals surface area contributed by atoms with Crippen molar-refractivity contribution in [2.24, 2.45) is 5.92 Å². The van der Waals surface area contributed by atoms with E-state index in [1.807, 2.05) is 7.05 Å². The number of rotatable bonds is 6.